The number of benzene rings is 1. The molecule has 3 rings (SSSR count). The summed E-state index contributed by atoms with van der Waals surface area (Å²) in [6.45, 7) is 9.08. The molecule has 1 saturated carbocycles. The van der Waals surface area contributed by atoms with Crippen LogP contribution in [-0.2, 0) is 4.79 Å². The summed E-state index contributed by atoms with van der Waals surface area (Å²) in [5, 5.41) is 12.0. The first kappa shape index (κ1) is 21.2. The molecular weight excluding hydrogens is 368 g/mol. The Kier molecular flexibility index (Phi) is 6.15. The Hall–Kier alpha value is -2.56. The average molecular weight is 397 g/mol. The molecular formula is C24H29O5-. The smallest absolute Gasteiger partial charge is 0.336 e. The van der Waals surface area contributed by atoms with Crippen LogP contribution in [0.15, 0.2) is 50.7 Å². The van der Waals surface area contributed by atoms with Gasteiger partial charge in [0.15, 0.2) is 0 Å². The van der Waals surface area contributed by atoms with Crippen molar-refractivity contribution in [3.8, 4) is 5.75 Å². The van der Waals surface area contributed by atoms with Crippen LogP contribution in [0.25, 0.3) is 11.0 Å². The fraction of sp³-hybridized carbons (Fsp3) is 0.500. The monoisotopic (exact) mass is 397 g/mol. The Bertz CT molecular complexity index is 982. The van der Waals surface area contributed by atoms with Gasteiger partial charge in [-0.2, -0.15) is 0 Å². The zero-order valence-corrected chi connectivity index (χ0v) is 17.6. The lowest BCUT2D eigenvalue weighted by molar-refractivity contribution is -0.306. The van der Waals surface area contributed by atoms with E-state index in [4.69, 9.17) is 9.15 Å². The molecule has 1 aromatic heterocycles. The molecule has 29 heavy (non-hydrogen) atoms. The van der Waals surface area contributed by atoms with E-state index in [0.29, 0.717) is 30.3 Å². The molecule has 2 aromatic rings. The zero-order chi connectivity index (χ0) is 21.2. The summed E-state index contributed by atoms with van der Waals surface area (Å²) < 4.78 is 11.4. The first-order chi connectivity index (χ1) is 13.7. The van der Waals surface area contributed by atoms with E-state index in [2.05, 4.69) is 27.7 Å². The number of fused-ring (bicyclic) bond motifs is 1. The molecule has 1 heterocycles. The Balaban J connectivity index is 1.87. The van der Waals surface area contributed by atoms with Crippen LogP contribution in [0, 0.1) is 17.3 Å². The van der Waals surface area contributed by atoms with Crippen molar-refractivity contribution in [3.05, 3.63) is 51.9 Å². The van der Waals surface area contributed by atoms with Gasteiger partial charge in [0.2, 0.25) is 0 Å². The maximum atomic E-state index is 11.5. The SMILES string of the molecule is CC(C)=C1CCC(C)C(C)(COc2ccc3ccc(=O)oc3c2)C1CCC(=O)[O-]. The lowest BCUT2D eigenvalue weighted by Gasteiger charge is -2.48. The molecule has 1 aliphatic rings. The number of carbonyl (C=O) groups is 1. The van der Waals surface area contributed by atoms with Crippen molar-refractivity contribution in [1.29, 1.82) is 0 Å². The molecule has 0 aliphatic heterocycles. The number of carboxylic acid groups (broad SMARTS) is 1. The molecule has 1 fully saturated rings. The highest BCUT2D eigenvalue weighted by Gasteiger charge is 2.44. The van der Waals surface area contributed by atoms with E-state index in [9.17, 15) is 14.7 Å². The second kappa shape index (κ2) is 8.44. The van der Waals surface area contributed by atoms with Gasteiger partial charge >= 0.3 is 5.63 Å². The van der Waals surface area contributed by atoms with Gasteiger partial charge in [-0.05, 0) is 69.6 Å². The highest BCUT2D eigenvalue weighted by atomic mass is 16.5. The summed E-state index contributed by atoms with van der Waals surface area (Å²) in [5.74, 6) is 0.149. The van der Waals surface area contributed by atoms with Crippen molar-refractivity contribution in [2.45, 2.75) is 53.4 Å². The van der Waals surface area contributed by atoms with Gasteiger partial charge in [-0.25, -0.2) is 4.79 Å². The van der Waals surface area contributed by atoms with Crippen LogP contribution in [0.5, 0.6) is 5.75 Å². The fourth-order valence-corrected chi connectivity index (χ4v) is 4.59. The highest BCUT2D eigenvalue weighted by Crippen LogP contribution is 2.50. The third kappa shape index (κ3) is 4.55. The Morgan fingerprint density at radius 2 is 2.00 bits per heavy atom. The van der Waals surface area contributed by atoms with Crippen LogP contribution in [0.1, 0.15) is 53.4 Å². The van der Waals surface area contributed by atoms with Gasteiger partial charge < -0.3 is 19.1 Å². The fourth-order valence-electron chi connectivity index (χ4n) is 4.59. The molecule has 0 amide bonds. The zero-order valence-electron chi connectivity index (χ0n) is 17.6. The summed E-state index contributed by atoms with van der Waals surface area (Å²) in [5.41, 5.74) is 2.51. The van der Waals surface area contributed by atoms with E-state index in [1.165, 1.54) is 17.2 Å². The van der Waals surface area contributed by atoms with Crippen LogP contribution in [0.3, 0.4) is 0 Å². The lowest BCUT2D eigenvalue weighted by Crippen LogP contribution is -2.44. The molecule has 0 N–H and O–H groups in total. The van der Waals surface area contributed by atoms with E-state index in [-0.39, 0.29) is 17.8 Å². The summed E-state index contributed by atoms with van der Waals surface area (Å²) in [6.07, 6.45) is 2.65. The second-order valence-corrected chi connectivity index (χ2v) is 8.68. The van der Waals surface area contributed by atoms with Crippen LogP contribution in [0.2, 0.25) is 0 Å². The van der Waals surface area contributed by atoms with Crippen molar-refractivity contribution >= 4 is 16.9 Å². The minimum Gasteiger partial charge on any atom is -0.550 e. The minimum atomic E-state index is -1.01. The average Bonchev–Trinajstić information content (AvgIpc) is 2.66. The van der Waals surface area contributed by atoms with Gasteiger partial charge in [0.1, 0.15) is 11.3 Å². The number of allylic oxidation sites excluding steroid dienone is 2. The number of ether oxygens (including phenoxy) is 1. The number of aliphatic carboxylic acids is 1. The Morgan fingerprint density at radius 3 is 2.69 bits per heavy atom. The van der Waals surface area contributed by atoms with Crippen LogP contribution < -0.4 is 15.5 Å². The highest BCUT2D eigenvalue weighted by molar-refractivity contribution is 5.77. The van der Waals surface area contributed by atoms with Crippen molar-refractivity contribution < 1.29 is 19.1 Å². The molecule has 3 atom stereocenters. The molecule has 1 aromatic carbocycles. The van der Waals surface area contributed by atoms with E-state index < -0.39 is 11.6 Å². The van der Waals surface area contributed by atoms with E-state index in [1.54, 1.807) is 12.1 Å². The summed E-state index contributed by atoms with van der Waals surface area (Å²) in [7, 11) is 0. The van der Waals surface area contributed by atoms with Crippen molar-refractivity contribution in [2.24, 2.45) is 17.3 Å². The maximum Gasteiger partial charge on any atom is 0.336 e. The van der Waals surface area contributed by atoms with Gasteiger partial charge in [-0.1, -0.05) is 25.0 Å². The van der Waals surface area contributed by atoms with E-state index >= 15 is 0 Å². The Labute approximate surface area is 171 Å². The molecule has 1 aliphatic carbocycles. The van der Waals surface area contributed by atoms with E-state index in [0.717, 1.165) is 18.2 Å². The summed E-state index contributed by atoms with van der Waals surface area (Å²) in [4.78, 5) is 22.6. The van der Waals surface area contributed by atoms with Gasteiger partial charge in [0.05, 0.1) is 6.61 Å². The van der Waals surface area contributed by atoms with Gasteiger partial charge in [-0.3, -0.25) is 0 Å². The largest absolute Gasteiger partial charge is 0.550 e. The first-order valence-corrected chi connectivity index (χ1v) is 10.2. The number of rotatable bonds is 6. The molecule has 156 valence electrons. The van der Waals surface area contributed by atoms with E-state index in [1.807, 2.05) is 12.1 Å². The topological polar surface area (TPSA) is 79.6 Å². The second-order valence-electron chi connectivity index (χ2n) is 8.68. The molecule has 0 bridgehead atoms. The predicted octanol–water partition coefficient (Wildman–Crippen LogP) is 4.09. The quantitative estimate of drug-likeness (QED) is 0.542. The molecule has 5 nitrogen and oxygen atoms in total. The maximum absolute atomic E-state index is 11.5. The number of hydrogen-bond donors (Lipinski definition) is 0. The van der Waals surface area contributed by atoms with Crippen molar-refractivity contribution in [1.82, 2.24) is 0 Å². The Morgan fingerprint density at radius 1 is 1.28 bits per heavy atom. The molecule has 5 heteroatoms. The predicted molar refractivity (Wildman–Crippen MR) is 111 cm³/mol. The molecule has 0 radical (unpaired) electrons. The van der Waals surface area contributed by atoms with Gasteiger partial charge in [0, 0.05) is 28.9 Å². The van der Waals surface area contributed by atoms with Crippen molar-refractivity contribution in [2.75, 3.05) is 6.61 Å². The third-order valence-corrected chi connectivity index (χ3v) is 6.61. The van der Waals surface area contributed by atoms with Crippen molar-refractivity contribution in [3.63, 3.8) is 0 Å². The van der Waals surface area contributed by atoms with Gasteiger partial charge in [0.25, 0.3) is 0 Å². The normalized spacial score (nSPS) is 24.5. The summed E-state index contributed by atoms with van der Waals surface area (Å²) in [6, 6.07) is 8.61. The van der Waals surface area contributed by atoms with Crippen LogP contribution in [-0.4, -0.2) is 12.6 Å². The standard InChI is InChI=1S/C24H30O5/c1-15(2)19-9-5-16(3)24(4,20(19)10-11-22(25)26)14-28-18-8-6-17-7-12-23(27)29-21(17)13-18/h6-8,12-13,16,20H,5,9-11,14H2,1-4H3,(H,25,26)/p-1. The molecule has 0 saturated heterocycles. The molecule has 0 spiro atoms. The number of carboxylic acids is 1. The molecule has 3 unspecified atom stereocenters. The summed E-state index contributed by atoms with van der Waals surface area (Å²) >= 11 is 0. The number of hydrogen-bond acceptors (Lipinski definition) is 5. The third-order valence-electron chi connectivity index (χ3n) is 6.61. The van der Waals surface area contributed by atoms with Crippen LogP contribution in [0.4, 0.5) is 0 Å². The number of carbonyl (C=O) groups excluding carboxylic acids is 1. The lowest BCUT2D eigenvalue weighted by atomic mass is 9.58. The minimum absolute atomic E-state index is 0.0465. The van der Waals surface area contributed by atoms with Crippen LogP contribution >= 0.6 is 0 Å². The first-order valence-electron chi connectivity index (χ1n) is 10.2. The van der Waals surface area contributed by atoms with Gasteiger partial charge in [-0.15, -0.1) is 0 Å².